The topological polar surface area (TPSA) is 44.8 Å². The fourth-order valence-electron chi connectivity index (χ4n) is 1.46. The summed E-state index contributed by atoms with van der Waals surface area (Å²) in [5, 5.41) is 0.364. The van der Waals surface area contributed by atoms with Gasteiger partial charge < -0.3 is 14.2 Å². The van der Waals surface area contributed by atoms with Gasteiger partial charge in [0.2, 0.25) is 0 Å². The van der Waals surface area contributed by atoms with Crippen molar-refractivity contribution in [1.82, 2.24) is 0 Å². The summed E-state index contributed by atoms with van der Waals surface area (Å²) in [5.41, 5.74) is 0.430. The molecule has 0 fully saturated rings. The summed E-state index contributed by atoms with van der Waals surface area (Å²) in [7, 11) is 3.16. The second kappa shape index (κ2) is 7.24. The number of methoxy groups -OCH3 is 2. The average Bonchev–Trinajstić information content (AvgIpc) is 2.35. The Morgan fingerprint density at radius 2 is 1.94 bits per heavy atom. The van der Waals surface area contributed by atoms with Gasteiger partial charge in [-0.2, -0.15) is 0 Å². The molecule has 1 aromatic carbocycles. The van der Waals surface area contributed by atoms with Crippen LogP contribution in [0.4, 0.5) is 0 Å². The summed E-state index contributed by atoms with van der Waals surface area (Å²) in [6, 6.07) is 3.19. The molecule has 5 heteroatoms. The van der Waals surface area contributed by atoms with E-state index in [9.17, 15) is 4.79 Å². The highest BCUT2D eigenvalue weighted by Gasteiger charge is 2.13. The normalized spacial score (nSPS) is 10.2. The Balaban J connectivity index is 2.86. The minimum absolute atomic E-state index is 0.107. The predicted octanol–water partition coefficient (Wildman–Crippen LogP) is 2.97. The second-order valence-corrected chi connectivity index (χ2v) is 4.14. The van der Waals surface area contributed by atoms with Gasteiger partial charge in [-0.1, -0.05) is 11.6 Å². The van der Waals surface area contributed by atoms with E-state index in [4.69, 9.17) is 25.8 Å². The van der Waals surface area contributed by atoms with Crippen LogP contribution in [0.5, 0.6) is 11.5 Å². The summed E-state index contributed by atoms with van der Waals surface area (Å²) >= 11 is 5.98. The van der Waals surface area contributed by atoms with Gasteiger partial charge in [-0.3, -0.25) is 4.79 Å². The third-order valence-corrected chi connectivity index (χ3v) is 2.70. The van der Waals surface area contributed by atoms with Crippen LogP contribution in [-0.2, 0) is 4.74 Å². The largest absolute Gasteiger partial charge is 0.493 e. The highest BCUT2D eigenvalue weighted by Crippen LogP contribution is 2.33. The molecule has 18 heavy (non-hydrogen) atoms. The number of carbonyl (C=O) groups is 1. The van der Waals surface area contributed by atoms with E-state index in [0.29, 0.717) is 35.3 Å². The number of hydrogen-bond acceptors (Lipinski definition) is 4. The molecular formula is C13H17ClO4. The van der Waals surface area contributed by atoms with E-state index >= 15 is 0 Å². The van der Waals surface area contributed by atoms with E-state index in [1.807, 2.05) is 0 Å². The van der Waals surface area contributed by atoms with Gasteiger partial charge in [-0.15, -0.1) is 0 Å². The molecule has 0 aliphatic rings. The van der Waals surface area contributed by atoms with Crippen LogP contribution < -0.4 is 9.47 Å². The Morgan fingerprint density at radius 3 is 2.50 bits per heavy atom. The van der Waals surface area contributed by atoms with Crippen molar-refractivity contribution in [2.45, 2.75) is 13.3 Å². The van der Waals surface area contributed by atoms with Crippen molar-refractivity contribution in [3.63, 3.8) is 0 Å². The number of rotatable bonds is 7. The predicted molar refractivity (Wildman–Crippen MR) is 70.0 cm³/mol. The number of ketones is 1. The van der Waals surface area contributed by atoms with Crippen LogP contribution in [0.2, 0.25) is 5.02 Å². The van der Waals surface area contributed by atoms with Gasteiger partial charge in [0.25, 0.3) is 0 Å². The standard InChI is InChI=1S/C13H17ClO4/c1-9(15)10-7-13(18-6-4-5-16-2)12(17-3)8-11(10)14/h7-8H,4-6H2,1-3H3. The molecule has 0 bridgehead atoms. The van der Waals surface area contributed by atoms with E-state index in [0.717, 1.165) is 6.42 Å². The zero-order valence-electron chi connectivity index (χ0n) is 10.8. The quantitative estimate of drug-likeness (QED) is 0.565. The first-order valence-corrected chi connectivity index (χ1v) is 5.98. The summed E-state index contributed by atoms with van der Waals surface area (Å²) in [6.45, 7) is 2.57. The number of benzene rings is 1. The number of carbonyl (C=O) groups excluding carboxylic acids is 1. The monoisotopic (exact) mass is 272 g/mol. The number of hydrogen-bond donors (Lipinski definition) is 0. The number of Topliss-reactive ketones (excluding diaryl/α,β-unsaturated/α-hetero) is 1. The van der Waals surface area contributed by atoms with Crippen molar-refractivity contribution < 1.29 is 19.0 Å². The van der Waals surface area contributed by atoms with Crippen molar-refractivity contribution in [3.8, 4) is 11.5 Å². The van der Waals surface area contributed by atoms with E-state index < -0.39 is 0 Å². The summed E-state index contributed by atoms with van der Waals surface area (Å²) < 4.78 is 15.7. The third kappa shape index (κ3) is 3.89. The summed E-state index contributed by atoms with van der Waals surface area (Å²) in [4.78, 5) is 11.4. The minimum Gasteiger partial charge on any atom is -0.493 e. The van der Waals surface area contributed by atoms with Gasteiger partial charge in [0.05, 0.1) is 18.7 Å². The molecule has 0 aliphatic heterocycles. The lowest BCUT2D eigenvalue weighted by molar-refractivity contribution is 0.101. The first kappa shape index (κ1) is 14.8. The van der Waals surface area contributed by atoms with Crippen LogP contribution >= 0.6 is 11.6 Å². The lowest BCUT2D eigenvalue weighted by atomic mass is 10.1. The molecule has 1 rings (SSSR count). The maximum absolute atomic E-state index is 11.4. The van der Waals surface area contributed by atoms with E-state index in [1.54, 1.807) is 19.2 Å². The lowest BCUT2D eigenvalue weighted by Gasteiger charge is -2.12. The molecule has 0 saturated carbocycles. The fourth-order valence-corrected chi connectivity index (χ4v) is 1.75. The maximum atomic E-state index is 11.4. The van der Waals surface area contributed by atoms with Crippen LogP contribution in [-0.4, -0.2) is 33.2 Å². The highest BCUT2D eigenvalue weighted by molar-refractivity contribution is 6.34. The molecule has 0 radical (unpaired) electrons. The fraction of sp³-hybridized carbons (Fsp3) is 0.462. The molecule has 0 aliphatic carbocycles. The van der Waals surface area contributed by atoms with E-state index in [1.165, 1.54) is 14.0 Å². The Morgan fingerprint density at radius 1 is 1.22 bits per heavy atom. The van der Waals surface area contributed by atoms with Crippen LogP contribution in [0.3, 0.4) is 0 Å². The smallest absolute Gasteiger partial charge is 0.162 e. The van der Waals surface area contributed by atoms with Crippen molar-refractivity contribution in [3.05, 3.63) is 22.7 Å². The first-order chi connectivity index (χ1) is 8.60. The molecule has 0 spiro atoms. The molecule has 0 heterocycles. The molecule has 0 saturated heterocycles. The Labute approximate surface area is 112 Å². The molecular weight excluding hydrogens is 256 g/mol. The maximum Gasteiger partial charge on any atom is 0.162 e. The van der Waals surface area contributed by atoms with Gasteiger partial charge in [0.15, 0.2) is 17.3 Å². The summed E-state index contributed by atoms with van der Waals surface area (Å²) in [5.74, 6) is 0.926. The Hall–Kier alpha value is -1.26. The molecule has 0 amide bonds. The molecule has 0 unspecified atom stereocenters. The number of ether oxygens (including phenoxy) is 3. The molecule has 100 valence electrons. The Bertz CT molecular complexity index is 418. The lowest BCUT2D eigenvalue weighted by Crippen LogP contribution is -2.04. The van der Waals surface area contributed by atoms with Crippen LogP contribution in [0.1, 0.15) is 23.7 Å². The zero-order valence-corrected chi connectivity index (χ0v) is 11.5. The van der Waals surface area contributed by atoms with Crippen molar-refractivity contribution in [2.75, 3.05) is 27.4 Å². The Kier molecular flexibility index (Phi) is 5.95. The van der Waals surface area contributed by atoms with E-state index in [2.05, 4.69) is 0 Å². The van der Waals surface area contributed by atoms with Crippen molar-refractivity contribution in [2.24, 2.45) is 0 Å². The minimum atomic E-state index is -0.107. The van der Waals surface area contributed by atoms with Crippen molar-refractivity contribution >= 4 is 17.4 Å². The van der Waals surface area contributed by atoms with Gasteiger partial charge in [0, 0.05) is 31.8 Å². The molecule has 4 nitrogen and oxygen atoms in total. The van der Waals surface area contributed by atoms with Gasteiger partial charge >= 0.3 is 0 Å². The summed E-state index contributed by atoms with van der Waals surface area (Å²) in [6.07, 6.45) is 0.762. The average molecular weight is 273 g/mol. The first-order valence-electron chi connectivity index (χ1n) is 5.60. The highest BCUT2D eigenvalue weighted by atomic mass is 35.5. The number of halogens is 1. The molecule has 0 atom stereocenters. The van der Waals surface area contributed by atoms with Crippen molar-refractivity contribution in [1.29, 1.82) is 0 Å². The zero-order chi connectivity index (χ0) is 13.5. The molecule has 0 aromatic heterocycles. The van der Waals surface area contributed by atoms with Gasteiger partial charge in [-0.25, -0.2) is 0 Å². The SMILES string of the molecule is COCCCOc1cc(C(C)=O)c(Cl)cc1OC. The third-order valence-electron chi connectivity index (χ3n) is 2.38. The van der Waals surface area contributed by atoms with Crippen LogP contribution in [0, 0.1) is 0 Å². The molecule has 0 N–H and O–H groups in total. The van der Waals surface area contributed by atoms with E-state index in [-0.39, 0.29) is 5.78 Å². The van der Waals surface area contributed by atoms with Crippen LogP contribution in [0.25, 0.3) is 0 Å². The second-order valence-electron chi connectivity index (χ2n) is 3.73. The molecule has 1 aromatic rings. The van der Waals surface area contributed by atoms with Crippen LogP contribution in [0.15, 0.2) is 12.1 Å². The van der Waals surface area contributed by atoms with Gasteiger partial charge in [0.1, 0.15) is 0 Å². The van der Waals surface area contributed by atoms with Gasteiger partial charge in [-0.05, 0) is 13.0 Å².